The first-order valence-electron chi connectivity index (χ1n) is 11.2. The van der Waals surface area contributed by atoms with Crippen molar-refractivity contribution in [2.45, 2.75) is 52.6 Å². The summed E-state index contributed by atoms with van der Waals surface area (Å²) in [6.07, 6.45) is 7.45. The summed E-state index contributed by atoms with van der Waals surface area (Å²) in [5.74, 6) is -1.35. The van der Waals surface area contributed by atoms with Crippen LogP contribution >= 0.6 is 0 Å². The lowest BCUT2D eigenvalue weighted by Gasteiger charge is -2.13. The van der Waals surface area contributed by atoms with E-state index in [4.69, 9.17) is 0 Å². The number of aldehydes is 1. The molecule has 3 aromatic rings. The third kappa shape index (κ3) is 6.24. The molecule has 0 saturated heterocycles. The van der Waals surface area contributed by atoms with Crippen LogP contribution in [0.2, 0.25) is 0 Å². The molecule has 0 bridgehead atoms. The number of imidazole rings is 1. The van der Waals surface area contributed by atoms with Gasteiger partial charge in [0.15, 0.2) is 11.6 Å². The van der Waals surface area contributed by atoms with Gasteiger partial charge in [-0.05, 0) is 43.4 Å². The monoisotopic (exact) mass is 470 g/mol. The summed E-state index contributed by atoms with van der Waals surface area (Å²) in [7, 11) is 0. The number of carbonyl (C=O) groups is 2. The number of rotatable bonds is 11. The van der Waals surface area contributed by atoms with Gasteiger partial charge >= 0.3 is 0 Å². The van der Waals surface area contributed by atoms with Crippen molar-refractivity contribution in [1.29, 1.82) is 0 Å². The van der Waals surface area contributed by atoms with Gasteiger partial charge in [-0.1, -0.05) is 19.9 Å². The topological polar surface area (TPSA) is 86.0 Å². The molecule has 9 heteroatoms. The van der Waals surface area contributed by atoms with Crippen molar-refractivity contribution in [1.82, 2.24) is 14.1 Å². The highest BCUT2D eigenvalue weighted by Gasteiger charge is 2.16. The summed E-state index contributed by atoms with van der Waals surface area (Å²) in [6.45, 7) is 4.75. The predicted molar refractivity (Wildman–Crippen MR) is 127 cm³/mol. The van der Waals surface area contributed by atoms with Gasteiger partial charge in [0.2, 0.25) is 5.91 Å². The molecule has 0 fully saturated rings. The van der Waals surface area contributed by atoms with Crippen molar-refractivity contribution >= 4 is 28.9 Å². The van der Waals surface area contributed by atoms with Crippen molar-refractivity contribution in [3.05, 3.63) is 70.4 Å². The van der Waals surface area contributed by atoms with E-state index in [1.54, 1.807) is 18.3 Å². The van der Waals surface area contributed by atoms with E-state index in [9.17, 15) is 23.2 Å². The van der Waals surface area contributed by atoms with Gasteiger partial charge < -0.3 is 14.5 Å². The normalized spacial score (nSPS) is 11.6. The molecule has 0 radical (unpaired) electrons. The third-order valence-electron chi connectivity index (χ3n) is 5.39. The SMILES string of the molecule is CC(C)CCn1c(Cn2cccc(NC(=O)CCC/C=C/C=O)c2=O)nc2cc(F)c(F)cc21. The Labute approximate surface area is 196 Å². The van der Waals surface area contributed by atoms with Crippen LogP contribution in [0.15, 0.2) is 47.4 Å². The fourth-order valence-corrected chi connectivity index (χ4v) is 3.58. The van der Waals surface area contributed by atoms with Gasteiger partial charge in [0.25, 0.3) is 5.56 Å². The molecule has 2 aromatic heterocycles. The fraction of sp³-hybridized carbons (Fsp3) is 0.360. The number of carbonyl (C=O) groups excluding carboxylic acids is 2. The van der Waals surface area contributed by atoms with Crippen LogP contribution in [0.5, 0.6) is 0 Å². The zero-order valence-electron chi connectivity index (χ0n) is 19.3. The Balaban J connectivity index is 1.83. The van der Waals surface area contributed by atoms with E-state index in [1.807, 2.05) is 4.57 Å². The van der Waals surface area contributed by atoms with Gasteiger partial charge in [-0.25, -0.2) is 13.8 Å². The van der Waals surface area contributed by atoms with Gasteiger partial charge in [0, 0.05) is 31.3 Å². The Bertz CT molecular complexity index is 1260. The minimum atomic E-state index is -0.976. The van der Waals surface area contributed by atoms with E-state index >= 15 is 0 Å². The standard InChI is InChI=1S/C25H28F2N4O3/c1-17(2)10-12-31-22-15-19(27)18(26)14-21(22)28-23(31)16-30-11-7-8-20(25(30)34)29-24(33)9-5-3-4-6-13-32/h4,6-8,11,13-15,17H,3,5,9-10,12,16H2,1-2H3,(H,29,33)/b6-4+. The van der Waals surface area contributed by atoms with Crippen molar-refractivity contribution in [2.24, 2.45) is 5.92 Å². The average Bonchev–Trinajstić information content (AvgIpc) is 3.10. The Morgan fingerprint density at radius 3 is 2.74 bits per heavy atom. The van der Waals surface area contributed by atoms with Crippen LogP contribution < -0.4 is 10.9 Å². The molecule has 1 N–H and O–H groups in total. The van der Waals surface area contributed by atoms with Crippen LogP contribution in [-0.2, 0) is 22.7 Å². The molecule has 7 nitrogen and oxygen atoms in total. The molecule has 1 amide bonds. The molecule has 1 aromatic carbocycles. The predicted octanol–water partition coefficient (Wildman–Crippen LogP) is 4.43. The summed E-state index contributed by atoms with van der Waals surface area (Å²) in [5, 5.41) is 2.63. The lowest BCUT2D eigenvalue weighted by Crippen LogP contribution is -2.26. The number of amides is 1. The van der Waals surface area contributed by atoms with E-state index in [0.29, 0.717) is 48.4 Å². The number of nitrogens with zero attached hydrogens (tertiary/aromatic N) is 3. The second-order valence-corrected chi connectivity index (χ2v) is 8.48. The van der Waals surface area contributed by atoms with Crippen molar-refractivity contribution in [3.63, 3.8) is 0 Å². The molecule has 0 spiro atoms. The van der Waals surface area contributed by atoms with E-state index in [0.717, 1.165) is 18.6 Å². The van der Waals surface area contributed by atoms with E-state index < -0.39 is 17.2 Å². The maximum absolute atomic E-state index is 13.9. The highest BCUT2D eigenvalue weighted by molar-refractivity contribution is 5.90. The van der Waals surface area contributed by atoms with E-state index in [1.165, 1.54) is 16.7 Å². The van der Waals surface area contributed by atoms with Crippen molar-refractivity contribution in [2.75, 3.05) is 5.32 Å². The van der Waals surface area contributed by atoms with Crippen LogP contribution in [0.25, 0.3) is 11.0 Å². The molecule has 0 atom stereocenters. The first-order valence-corrected chi connectivity index (χ1v) is 11.2. The van der Waals surface area contributed by atoms with Crippen molar-refractivity contribution < 1.29 is 18.4 Å². The van der Waals surface area contributed by atoms with E-state index in [-0.39, 0.29) is 24.6 Å². The number of fused-ring (bicyclic) bond motifs is 1. The zero-order valence-corrected chi connectivity index (χ0v) is 19.3. The number of halogens is 2. The zero-order chi connectivity index (χ0) is 24.7. The van der Waals surface area contributed by atoms with Gasteiger partial charge in [-0.2, -0.15) is 0 Å². The number of aryl methyl sites for hydroxylation is 1. The van der Waals surface area contributed by atoms with Crippen molar-refractivity contribution in [3.8, 4) is 0 Å². The number of benzene rings is 1. The number of pyridine rings is 1. The summed E-state index contributed by atoms with van der Waals surface area (Å²) < 4.78 is 30.9. The molecular weight excluding hydrogens is 442 g/mol. The molecule has 0 aliphatic heterocycles. The molecule has 3 rings (SSSR count). The number of anilines is 1. The molecule has 0 saturated carbocycles. The first kappa shape index (κ1) is 25.0. The molecule has 180 valence electrons. The second kappa shape index (κ2) is 11.5. The lowest BCUT2D eigenvalue weighted by molar-refractivity contribution is -0.116. The Kier molecular flexibility index (Phi) is 8.45. The Hall–Kier alpha value is -3.62. The minimum absolute atomic E-state index is 0.0784. The Morgan fingerprint density at radius 1 is 1.24 bits per heavy atom. The quantitative estimate of drug-likeness (QED) is 0.255. The van der Waals surface area contributed by atoms with Gasteiger partial charge in [0.05, 0.1) is 17.6 Å². The summed E-state index contributed by atoms with van der Waals surface area (Å²) in [6, 6.07) is 5.36. The van der Waals surface area contributed by atoms with Crippen LogP contribution in [0.4, 0.5) is 14.5 Å². The average molecular weight is 471 g/mol. The van der Waals surface area contributed by atoms with Gasteiger partial charge in [-0.15, -0.1) is 0 Å². The minimum Gasteiger partial charge on any atom is -0.326 e. The number of allylic oxidation sites excluding steroid dienone is 2. The van der Waals surface area contributed by atoms with Gasteiger partial charge in [-0.3, -0.25) is 14.4 Å². The van der Waals surface area contributed by atoms with Crippen LogP contribution in [0.1, 0.15) is 45.4 Å². The molecule has 0 aliphatic rings. The summed E-state index contributed by atoms with van der Waals surface area (Å²) >= 11 is 0. The number of hydrogen-bond acceptors (Lipinski definition) is 4. The molecule has 34 heavy (non-hydrogen) atoms. The molecule has 2 heterocycles. The first-order chi connectivity index (χ1) is 16.3. The van der Waals surface area contributed by atoms with Crippen LogP contribution in [0.3, 0.4) is 0 Å². The number of hydrogen-bond donors (Lipinski definition) is 1. The molecule has 0 aliphatic carbocycles. The largest absolute Gasteiger partial charge is 0.326 e. The fourth-order valence-electron chi connectivity index (χ4n) is 3.58. The van der Waals surface area contributed by atoms with Crippen LogP contribution in [-0.4, -0.2) is 26.3 Å². The maximum atomic E-state index is 13.9. The number of unbranched alkanes of at least 4 members (excludes halogenated alkanes) is 1. The highest BCUT2D eigenvalue weighted by atomic mass is 19.2. The van der Waals surface area contributed by atoms with E-state index in [2.05, 4.69) is 24.1 Å². The lowest BCUT2D eigenvalue weighted by atomic mass is 10.1. The summed E-state index contributed by atoms with van der Waals surface area (Å²) in [5.41, 5.74) is 0.517. The maximum Gasteiger partial charge on any atom is 0.274 e. The van der Waals surface area contributed by atoms with Gasteiger partial charge in [0.1, 0.15) is 17.8 Å². The highest BCUT2D eigenvalue weighted by Crippen LogP contribution is 2.22. The number of aromatic nitrogens is 3. The third-order valence-corrected chi connectivity index (χ3v) is 5.39. The number of nitrogens with one attached hydrogen (secondary N) is 1. The second-order valence-electron chi connectivity index (χ2n) is 8.48. The Morgan fingerprint density at radius 2 is 2.00 bits per heavy atom. The molecular formula is C25H28F2N4O3. The van der Waals surface area contributed by atoms with Crippen LogP contribution in [0, 0.1) is 17.6 Å². The summed E-state index contributed by atoms with van der Waals surface area (Å²) in [4.78, 5) is 39.9. The molecule has 0 unspecified atom stereocenters. The smallest absolute Gasteiger partial charge is 0.274 e.